The Morgan fingerprint density at radius 1 is 1.43 bits per heavy atom. The zero-order valence-corrected chi connectivity index (χ0v) is 5.03. The minimum absolute atomic E-state index is 0.299. The van der Waals surface area contributed by atoms with E-state index < -0.39 is 5.57 Å². The van der Waals surface area contributed by atoms with Gasteiger partial charge in [-0.1, -0.05) is 13.8 Å². The minimum Gasteiger partial charge on any atom is -0.254 e. The second kappa shape index (κ2) is 1.04. The van der Waals surface area contributed by atoms with Crippen molar-refractivity contribution in [2.45, 2.75) is 19.4 Å². The topological polar surface area (TPSA) is 0 Å². The molecule has 0 radical (unpaired) electrons. The van der Waals surface area contributed by atoms with Gasteiger partial charge < -0.3 is 0 Å². The second-order valence-corrected chi connectivity index (χ2v) is 2.73. The van der Waals surface area contributed by atoms with Crippen molar-refractivity contribution in [1.29, 1.82) is 0 Å². The summed E-state index contributed by atoms with van der Waals surface area (Å²) in [6.45, 7) is 3.90. The first-order chi connectivity index (χ1) is 3.07. The van der Waals surface area contributed by atoms with Crippen LogP contribution < -0.4 is 0 Å². The van der Waals surface area contributed by atoms with E-state index in [-0.39, 0.29) is 0 Å². The standard InChI is InChI=1S/C5H10BF/c1-3-4(2)5(3,6)7/h3-4H,6H2,1-2H3. The summed E-state index contributed by atoms with van der Waals surface area (Å²) in [7, 11) is 1.67. The van der Waals surface area contributed by atoms with Crippen LogP contribution in [-0.2, 0) is 0 Å². The third-order valence-electron chi connectivity index (χ3n) is 2.42. The van der Waals surface area contributed by atoms with Crippen molar-refractivity contribution in [3.8, 4) is 0 Å². The number of hydrogen-bond donors (Lipinski definition) is 0. The highest BCUT2D eigenvalue weighted by Gasteiger charge is 2.55. The van der Waals surface area contributed by atoms with Gasteiger partial charge in [0.25, 0.3) is 0 Å². The smallest absolute Gasteiger partial charge is 0.150 e. The van der Waals surface area contributed by atoms with Gasteiger partial charge in [0.2, 0.25) is 0 Å². The summed E-state index contributed by atoms with van der Waals surface area (Å²) in [6, 6.07) is 0. The first-order valence-electron chi connectivity index (χ1n) is 2.75. The van der Waals surface area contributed by atoms with Gasteiger partial charge in [-0.2, -0.15) is 0 Å². The van der Waals surface area contributed by atoms with Crippen LogP contribution in [0.4, 0.5) is 4.39 Å². The van der Waals surface area contributed by atoms with Gasteiger partial charge in [0.15, 0.2) is 7.85 Å². The molecule has 0 aromatic heterocycles. The molecule has 40 valence electrons. The molecule has 0 bridgehead atoms. The fourth-order valence-electron chi connectivity index (χ4n) is 0.933. The highest BCUT2D eigenvalue weighted by atomic mass is 19.1. The summed E-state index contributed by atoms with van der Waals surface area (Å²) in [5.41, 5.74) is -0.833. The molecule has 0 heterocycles. The van der Waals surface area contributed by atoms with Crippen LogP contribution in [0.1, 0.15) is 13.8 Å². The molecule has 0 nitrogen and oxygen atoms in total. The first-order valence-corrected chi connectivity index (χ1v) is 2.75. The molecule has 1 aliphatic carbocycles. The van der Waals surface area contributed by atoms with Crippen molar-refractivity contribution in [3.05, 3.63) is 0 Å². The molecule has 0 aliphatic heterocycles. The van der Waals surface area contributed by atoms with Gasteiger partial charge in [-0.3, -0.25) is 4.39 Å². The Bertz CT molecular complexity index is 80.1. The third kappa shape index (κ3) is 0.488. The van der Waals surface area contributed by atoms with Crippen LogP contribution in [0.2, 0.25) is 0 Å². The van der Waals surface area contributed by atoms with Crippen molar-refractivity contribution in [1.82, 2.24) is 0 Å². The predicted octanol–water partition coefficient (Wildman–Crippen LogP) is 0.571. The highest BCUT2D eigenvalue weighted by molar-refractivity contribution is 6.17. The predicted molar refractivity (Wildman–Crippen MR) is 30.7 cm³/mol. The zero-order valence-electron chi connectivity index (χ0n) is 5.03. The van der Waals surface area contributed by atoms with Crippen LogP contribution in [0.5, 0.6) is 0 Å². The number of hydrogen-bond acceptors (Lipinski definition) is 0. The molecule has 2 heteroatoms. The van der Waals surface area contributed by atoms with Crippen LogP contribution in [-0.4, -0.2) is 13.4 Å². The summed E-state index contributed by atoms with van der Waals surface area (Å²) >= 11 is 0. The van der Waals surface area contributed by atoms with E-state index in [1.807, 2.05) is 13.8 Å². The van der Waals surface area contributed by atoms with Gasteiger partial charge in [-0.05, 0) is 11.8 Å². The van der Waals surface area contributed by atoms with Crippen LogP contribution in [0.3, 0.4) is 0 Å². The maximum atomic E-state index is 12.6. The summed E-state index contributed by atoms with van der Waals surface area (Å²) in [5, 5.41) is 0. The average molecular weight is 99.9 g/mol. The lowest BCUT2D eigenvalue weighted by Crippen LogP contribution is -2.01. The van der Waals surface area contributed by atoms with E-state index in [1.165, 1.54) is 0 Å². The lowest BCUT2D eigenvalue weighted by atomic mass is 9.96. The number of rotatable bonds is 0. The van der Waals surface area contributed by atoms with Gasteiger partial charge in [0.05, 0.1) is 5.57 Å². The van der Waals surface area contributed by atoms with E-state index in [2.05, 4.69) is 0 Å². The van der Waals surface area contributed by atoms with Gasteiger partial charge in [0.1, 0.15) is 0 Å². The summed E-state index contributed by atoms with van der Waals surface area (Å²) < 4.78 is 12.6. The van der Waals surface area contributed by atoms with Crippen molar-refractivity contribution < 1.29 is 4.39 Å². The lowest BCUT2D eigenvalue weighted by molar-refractivity contribution is 0.386. The second-order valence-electron chi connectivity index (χ2n) is 2.73. The van der Waals surface area contributed by atoms with E-state index in [1.54, 1.807) is 7.85 Å². The van der Waals surface area contributed by atoms with Gasteiger partial charge in [-0.25, -0.2) is 0 Å². The molecule has 2 atom stereocenters. The van der Waals surface area contributed by atoms with Crippen molar-refractivity contribution in [2.75, 3.05) is 0 Å². The Morgan fingerprint density at radius 2 is 1.57 bits per heavy atom. The Hall–Kier alpha value is -0.00506. The summed E-state index contributed by atoms with van der Waals surface area (Å²) in [6.07, 6.45) is 0. The van der Waals surface area contributed by atoms with Gasteiger partial charge in [0, 0.05) is 0 Å². The molecular formula is C5H10BF. The van der Waals surface area contributed by atoms with Crippen LogP contribution in [0.25, 0.3) is 0 Å². The molecule has 0 N–H and O–H groups in total. The third-order valence-corrected chi connectivity index (χ3v) is 2.42. The van der Waals surface area contributed by atoms with Crippen molar-refractivity contribution in [2.24, 2.45) is 11.8 Å². The SMILES string of the molecule is BC1(F)C(C)C1C. The van der Waals surface area contributed by atoms with Crippen molar-refractivity contribution >= 4 is 7.85 Å². The normalized spacial score (nSPS) is 59.9. The monoisotopic (exact) mass is 100 g/mol. The van der Waals surface area contributed by atoms with E-state index in [0.717, 1.165) is 0 Å². The molecule has 0 aromatic rings. The molecular weight excluding hydrogens is 89.9 g/mol. The maximum Gasteiger partial charge on any atom is 0.150 e. The Kier molecular flexibility index (Phi) is 0.763. The molecule has 0 saturated heterocycles. The van der Waals surface area contributed by atoms with Gasteiger partial charge >= 0.3 is 0 Å². The van der Waals surface area contributed by atoms with E-state index in [0.29, 0.717) is 11.8 Å². The molecule has 1 aliphatic rings. The van der Waals surface area contributed by atoms with E-state index >= 15 is 0 Å². The Morgan fingerprint density at radius 3 is 1.57 bits per heavy atom. The molecule has 2 unspecified atom stereocenters. The molecule has 7 heavy (non-hydrogen) atoms. The first kappa shape index (κ1) is 5.14. The van der Waals surface area contributed by atoms with Crippen molar-refractivity contribution in [3.63, 3.8) is 0 Å². The van der Waals surface area contributed by atoms with E-state index in [9.17, 15) is 4.39 Å². The Balaban J connectivity index is 2.52. The average Bonchev–Trinajstić information content (AvgIpc) is 1.91. The Labute approximate surface area is 44.5 Å². The number of alkyl halides is 1. The largest absolute Gasteiger partial charge is 0.254 e. The minimum atomic E-state index is -0.833. The maximum absolute atomic E-state index is 12.6. The highest BCUT2D eigenvalue weighted by Crippen LogP contribution is 2.50. The molecule has 0 spiro atoms. The zero-order chi connectivity index (χ0) is 5.65. The molecule has 1 rings (SSSR count). The van der Waals surface area contributed by atoms with Crippen LogP contribution >= 0.6 is 0 Å². The summed E-state index contributed by atoms with van der Waals surface area (Å²) in [4.78, 5) is 0. The fraction of sp³-hybridized carbons (Fsp3) is 1.00. The molecule has 0 amide bonds. The number of halogens is 1. The molecule has 1 fully saturated rings. The quantitative estimate of drug-likeness (QED) is 0.390. The van der Waals surface area contributed by atoms with Gasteiger partial charge in [-0.15, -0.1) is 0 Å². The van der Waals surface area contributed by atoms with Crippen LogP contribution in [0, 0.1) is 11.8 Å². The summed E-state index contributed by atoms with van der Waals surface area (Å²) in [5.74, 6) is 0.597. The molecule has 1 saturated carbocycles. The van der Waals surface area contributed by atoms with E-state index in [4.69, 9.17) is 0 Å². The molecule has 0 aromatic carbocycles. The lowest BCUT2D eigenvalue weighted by Gasteiger charge is -1.88. The fourth-order valence-corrected chi connectivity index (χ4v) is 0.933. The van der Waals surface area contributed by atoms with Crippen LogP contribution in [0.15, 0.2) is 0 Å².